The van der Waals surface area contributed by atoms with Gasteiger partial charge in [0.1, 0.15) is 9.84 Å². The molecule has 0 aliphatic rings. The highest BCUT2D eigenvalue weighted by Crippen LogP contribution is 2.18. The molecule has 0 spiro atoms. The van der Waals surface area contributed by atoms with Gasteiger partial charge in [-0.3, -0.25) is 4.99 Å². The van der Waals surface area contributed by atoms with Gasteiger partial charge in [0, 0.05) is 31.8 Å². The molecular formula is C15H23F2N3O2S. The first-order valence-corrected chi connectivity index (χ1v) is 9.44. The number of benzene rings is 1. The maximum absolute atomic E-state index is 13.2. The molecule has 1 unspecified atom stereocenters. The molecule has 1 aromatic rings. The maximum atomic E-state index is 13.2. The van der Waals surface area contributed by atoms with E-state index in [4.69, 9.17) is 0 Å². The molecule has 2 N–H and O–H groups in total. The minimum atomic E-state index is -3.04. The smallest absolute Gasteiger partial charge is 0.191 e. The van der Waals surface area contributed by atoms with Crippen LogP contribution in [0.1, 0.15) is 25.3 Å². The first-order valence-electron chi connectivity index (χ1n) is 7.37. The van der Waals surface area contributed by atoms with E-state index >= 15 is 0 Å². The lowest BCUT2D eigenvalue weighted by Crippen LogP contribution is -2.39. The number of guanidine groups is 1. The van der Waals surface area contributed by atoms with Crippen molar-refractivity contribution in [1.82, 2.24) is 10.6 Å². The van der Waals surface area contributed by atoms with E-state index in [1.54, 1.807) is 0 Å². The number of hydrogen-bond donors (Lipinski definition) is 2. The Labute approximate surface area is 136 Å². The number of sulfone groups is 1. The van der Waals surface area contributed by atoms with Crippen LogP contribution in [-0.4, -0.2) is 46.0 Å². The van der Waals surface area contributed by atoms with E-state index in [9.17, 15) is 17.2 Å². The second kappa shape index (κ2) is 8.81. The predicted molar refractivity (Wildman–Crippen MR) is 88.5 cm³/mol. The van der Waals surface area contributed by atoms with Crippen molar-refractivity contribution in [2.45, 2.75) is 19.8 Å². The quantitative estimate of drug-likeness (QED) is 0.581. The lowest BCUT2D eigenvalue weighted by molar-refractivity contribution is 0.505. The fourth-order valence-electron chi connectivity index (χ4n) is 1.85. The van der Waals surface area contributed by atoms with Gasteiger partial charge in [0.15, 0.2) is 17.6 Å². The molecule has 0 amide bonds. The molecule has 8 heteroatoms. The summed E-state index contributed by atoms with van der Waals surface area (Å²) in [5.41, 5.74) is 0.652. The van der Waals surface area contributed by atoms with Crippen molar-refractivity contribution in [3.63, 3.8) is 0 Å². The minimum Gasteiger partial charge on any atom is -0.357 e. The third kappa shape index (κ3) is 7.40. The Morgan fingerprint density at radius 2 is 1.96 bits per heavy atom. The van der Waals surface area contributed by atoms with Crippen molar-refractivity contribution >= 4 is 15.8 Å². The zero-order valence-corrected chi connectivity index (χ0v) is 14.4. The van der Waals surface area contributed by atoms with Gasteiger partial charge in [0.05, 0.1) is 5.75 Å². The van der Waals surface area contributed by atoms with Crippen molar-refractivity contribution in [3.05, 3.63) is 35.4 Å². The van der Waals surface area contributed by atoms with Gasteiger partial charge in [0.2, 0.25) is 0 Å². The van der Waals surface area contributed by atoms with Crippen molar-refractivity contribution in [2.24, 2.45) is 4.99 Å². The molecule has 130 valence electrons. The molecule has 0 saturated carbocycles. The summed E-state index contributed by atoms with van der Waals surface area (Å²) in [6.45, 7) is 5.00. The normalized spacial score (nSPS) is 13.7. The molecule has 0 heterocycles. The average Bonchev–Trinajstić information content (AvgIpc) is 2.46. The molecule has 0 fully saturated rings. The van der Waals surface area contributed by atoms with Gasteiger partial charge in [-0.05, 0) is 24.6 Å². The third-order valence-electron chi connectivity index (χ3n) is 3.15. The Bertz CT molecular complexity index is 648. The van der Waals surface area contributed by atoms with Crippen LogP contribution >= 0.6 is 0 Å². The Hall–Kier alpha value is -1.70. The molecule has 23 heavy (non-hydrogen) atoms. The number of hydrogen-bond acceptors (Lipinski definition) is 3. The van der Waals surface area contributed by atoms with Gasteiger partial charge in [-0.25, -0.2) is 17.2 Å². The van der Waals surface area contributed by atoms with Gasteiger partial charge >= 0.3 is 0 Å². The summed E-state index contributed by atoms with van der Waals surface area (Å²) in [5.74, 6) is -1.35. The number of rotatable bonds is 7. The van der Waals surface area contributed by atoms with Crippen molar-refractivity contribution in [3.8, 4) is 0 Å². The summed E-state index contributed by atoms with van der Waals surface area (Å²) in [5, 5.41) is 5.94. The van der Waals surface area contributed by atoms with Crippen molar-refractivity contribution in [2.75, 3.05) is 31.6 Å². The molecule has 0 aliphatic carbocycles. The van der Waals surface area contributed by atoms with E-state index in [1.165, 1.54) is 18.4 Å². The number of halogens is 2. The SMILES string of the molecule is CCNC(=NCC(C)c1ccc(F)c(F)c1)NCCS(C)(=O)=O. The summed E-state index contributed by atoms with van der Waals surface area (Å²) in [6.07, 6.45) is 1.17. The van der Waals surface area contributed by atoms with E-state index in [0.717, 1.165) is 6.07 Å². The van der Waals surface area contributed by atoms with Crippen molar-refractivity contribution < 1.29 is 17.2 Å². The van der Waals surface area contributed by atoms with Crippen LogP contribution < -0.4 is 10.6 Å². The highest BCUT2D eigenvalue weighted by molar-refractivity contribution is 7.90. The zero-order chi connectivity index (χ0) is 17.5. The molecule has 0 radical (unpaired) electrons. The highest BCUT2D eigenvalue weighted by Gasteiger charge is 2.10. The molecule has 0 saturated heterocycles. The van der Waals surface area contributed by atoms with Gasteiger partial charge in [-0.2, -0.15) is 0 Å². The van der Waals surface area contributed by atoms with Gasteiger partial charge < -0.3 is 10.6 Å². The van der Waals surface area contributed by atoms with Crippen LogP contribution in [-0.2, 0) is 9.84 Å². The average molecular weight is 347 g/mol. The molecule has 0 aliphatic heterocycles. The number of aliphatic imine (C=N–C) groups is 1. The topological polar surface area (TPSA) is 70.6 Å². The van der Waals surface area contributed by atoms with E-state index in [-0.39, 0.29) is 18.2 Å². The van der Waals surface area contributed by atoms with Crippen molar-refractivity contribution in [1.29, 1.82) is 0 Å². The number of nitrogens with zero attached hydrogens (tertiary/aromatic N) is 1. The Morgan fingerprint density at radius 1 is 1.26 bits per heavy atom. The van der Waals surface area contributed by atoms with Crippen LogP contribution in [0.3, 0.4) is 0 Å². The molecular weight excluding hydrogens is 324 g/mol. The summed E-state index contributed by atoms with van der Waals surface area (Å²) in [4.78, 5) is 4.34. The second-order valence-electron chi connectivity index (χ2n) is 5.35. The first kappa shape index (κ1) is 19.3. The maximum Gasteiger partial charge on any atom is 0.191 e. The van der Waals surface area contributed by atoms with Gasteiger partial charge in [-0.1, -0.05) is 13.0 Å². The molecule has 0 bridgehead atoms. The lowest BCUT2D eigenvalue weighted by Gasteiger charge is -2.13. The fourth-order valence-corrected chi connectivity index (χ4v) is 2.32. The van der Waals surface area contributed by atoms with Gasteiger partial charge in [0.25, 0.3) is 0 Å². The second-order valence-corrected chi connectivity index (χ2v) is 7.61. The monoisotopic (exact) mass is 347 g/mol. The van der Waals surface area contributed by atoms with Crippen LogP contribution in [0.25, 0.3) is 0 Å². The van der Waals surface area contributed by atoms with Crippen LogP contribution in [0.2, 0.25) is 0 Å². The van der Waals surface area contributed by atoms with E-state index in [0.29, 0.717) is 24.6 Å². The van der Waals surface area contributed by atoms with E-state index in [1.807, 2.05) is 13.8 Å². The predicted octanol–water partition coefficient (Wildman–Crippen LogP) is 1.67. The molecule has 5 nitrogen and oxygen atoms in total. The molecule has 0 aromatic heterocycles. The Balaban J connectivity index is 2.66. The highest BCUT2D eigenvalue weighted by atomic mass is 32.2. The first-order chi connectivity index (χ1) is 10.7. The Kier molecular flexibility index (Phi) is 7.41. The lowest BCUT2D eigenvalue weighted by atomic mass is 10.0. The van der Waals surface area contributed by atoms with E-state index < -0.39 is 21.5 Å². The summed E-state index contributed by atoms with van der Waals surface area (Å²) < 4.78 is 48.4. The summed E-state index contributed by atoms with van der Waals surface area (Å²) in [6, 6.07) is 3.79. The largest absolute Gasteiger partial charge is 0.357 e. The Morgan fingerprint density at radius 3 is 2.52 bits per heavy atom. The van der Waals surface area contributed by atoms with Gasteiger partial charge in [-0.15, -0.1) is 0 Å². The fraction of sp³-hybridized carbons (Fsp3) is 0.533. The van der Waals surface area contributed by atoms with Crippen LogP contribution in [0.15, 0.2) is 23.2 Å². The molecule has 1 rings (SSSR count). The minimum absolute atomic E-state index is 0.0101. The van der Waals surface area contributed by atoms with Crippen LogP contribution in [0.4, 0.5) is 8.78 Å². The molecule has 1 atom stereocenters. The third-order valence-corrected chi connectivity index (χ3v) is 4.09. The van der Waals surface area contributed by atoms with E-state index in [2.05, 4.69) is 15.6 Å². The van der Waals surface area contributed by atoms with Crippen LogP contribution in [0.5, 0.6) is 0 Å². The summed E-state index contributed by atoms with van der Waals surface area (Å²) >= 11 is 0. The zero-order valence-electron chi connectivity index (χ0n) is 13.6. The molecule has 1 aromatic carbocycles. The standard InChI is InChI=1S/C15H23F2N3O2S/c1-4-18-15(19-7-8-23(3,21)22)20-10-11(2)12-5-6-13(16)14(17)9-12/h5-6,9,11H,4,7-8,10H2,1-3H3,(H2,18,19,20). The number of nitrogens with one attached hydrogen (secondary N) is 2. The summed E-state index contributed by atoms with van der Waals surface area (Å²) in [7, 11) is -3.04. The van der Waals surface area contributed by atoms with Crippen LogP contribution in [0, 0.1) is 11.6 Å².